The van der Waals surface area contributed by atoms with Crippen molar-refractivity contribution in [3.63, 3.8) is 0 Å². The second kappa shape index (κ2) is 6.36. The van der Waals surface area contributed by atoms with Crippen LogP contribution in [0.4, 0.5) is 0 Å². The molecule has 0 aromatic rings. The molecule has 2 amide bonds. The Balaban J connectivity index is 2.78. The molecule has 0 aliphatic heterocycles. The van der Waals surface area contributed by atoms with Crippen LogP contribution in [0.2, 0.25) is 0 Å². The van der Waals surface area contributed by atoms with Gasteiger partial charge in [0.15, 0.2) is 0 Å². The maximum Gasteiger partial charge on any atom is 0.307 e. The van der Waals surface area contributed by atoms with Gasteiger partial charge in [0.1, 0.15) is 6.04 Å². The monoisotopic (exact) mass is 268 g/mol. The zero-order valence-electron chi connectivity index (χ0n) is 11.1. The maximum absolute atomic E-state index is 12.1. The van der Waals surface area contributed by atoms with Gasteiger partial charge < -0.3 is 16.2 Å². The first-order valence-electron chi connectivity index (χ1n) is 6.32. The molecular formula is C13H20N2O4. The summed E-state index contributed by atoms with van der Waals surface area (Å²) < 4.78 is 0. The molecule has 0 spiro atoms. The second-order valence-electron chi connectivity index (χ2n) is 5.13. The summed E-state index contributed by atoms with van der Waals surface area (Å²) in [6.45, 7) is 3.54. The van der Waals surface area contributed by atoms with Gasteiger partial charge in [0.05, 0.1) is 11.8 Å². The number of rotatable bonds is 5. The minimum Gasteiger partial charge on any atom is -0.481 e. The molecule has 0 saturated carbocycles. The summed E-state index contributed by atoms with van der Waals surface area (Å²) >= 11 is 0. The summed E-state index contributed by atoms with van der Waals surface area (Å²) in [6, 6.07) is -0.771. The molecule has 3 atom stereocenters. The molecule has 4 N–H and O–H groups in total. The van der Waals surface area contributed by atoms with Gasteiger partial charge in [0.25, 0.3) is 0 Å². The van der Waals surface area contributed by atoms with Gasteiger partial charge in [0.2, 0.25) is 11.8 Å². The lowest BCUT2D eigenvalue weighted by Gasteiger charge is -2.27. The van der Waals surface area contributed by atoms with Crippen LogP contribution >= 0.6 is 0 Å². The molecule has 0 bridgehead atoms. The van der Waals surface area contributed by atoms with Gasteiger partial charge in [0, 0.05) is 0 Å². The van der Waals surface area contributed by atoms with Crippen LogP contribution in [0.15, 0.2) is 12.2 Å². The van der Waals surface area contributed by atoms with E-state index in [9.17, 15) is 14.4 Å². The summed E-state index contributed by atoms with van der Waals surface area (Å²) in [7, 11) is 0. The first-order valence-corrected chi connectivity index (χ1v) is 6.32. The molecule has 0 saturated heterocycles. The lowest BCUT2D eigenvalue weighted by Crippen LogP contribution is -2.51. The summed E-state index contributed by atoms with van der Waals surface area (Å²) in [4.78, 5) is 34.5. The molecule has 106 valence electrons. The number of primary amides is 1. The highest BCUT2D eigenvalue weighted by Gasteiger charge is 2.35. The van der Waals surface area contributed by atoms with Crippen LogP contribution in [0, 0.1) is 17.8 Å². The molecule has 1 aliphatic rings. The van der Waals surface area contributed by atoms with Crippen LogP contribution in [-0.4, -0.2) is 28.9 Å². The second-order valence-corrected chi connectivity index (χ2v) is 5.13. The van der Waals surface area contributed by atoms with E-state index in [0.717, 1.165) is 0 Å². The molecule has 3 unspecified atom stereocenters. The van der Waals surface area contributed by atoms with Crippen LogP contribution in [-0.2, 0) is 14.4 Å². The maximum atomic E-state index is 12.1. The summed E-state index contributed by atoms with van der Waals surface area (Å²) in [6.07, 6.45) is 4.25. The molecule has 1 aliphatic carbocycles. The Morgan fingerprint density at radius 2 is 1.74 bits per heavy atom. The zero-order valence-corrected chi connectivity index (χ0v) is 11.1. The van der Waals surface area contributed by atoms with Crippen molar-refractivity contribution in [1.82, 2.24) is 5.32 Å². The normalized spacial score (nSPS) is 23.9. The highest BCUT2D eigenvalue weighted by molar-refractivity contribution is 5.90. The van der Waals surface area contributed by atoms with E-state index in [0.29, 0.717) is 12.8 Å². The molecule has 1 rings (SSSR count). The van der Waals surface area contributed by atoms with Crippen molar-refractivity contribution < 1.29 is 19.5 Å². The topological polar surface area (TPSA) is 109 Å². The lowest BCUT2D eigenvalue weighted by atomic mass is 9.82. The number of carbonyl (C=O) groups is 3. The van der Waals surface area contributed by atoms with Gasteiger partial charge in [-0.15, -0.1) is 0 Å². The third-order valence-electron chi connectivity index (χ3n) is 3.36. The Bertz CT molecular complexity index is 403. The summed E-state index contributed by atoms with van der Waals surface area (Å²) in [5.74, 6) is -3.56. The van der Waals surface area contributed by atoms with Gasteiger partial charge in [-0.05, 0) is 18.8 Å². The number of nitrogens with one attached hydrogen (secondary N) is 1. The van der Waals surface area contributed by atoms with E-state index in [1.165, 1.54) is 0 Å². The molecule has 0 fully saturated rings. The standard InChI is InChI=1S/C13H20N2O4/c1-7(2)10(11(14)16)15-12(17)8-5-3-4-6-9(8)13(18)19/h3-4,7-10H,5-6H2,1-2H3,(H2,14,16)(H,15,17)(H,18,19). The first-order chi connectivity index (χ1) is 8.84. The van der Waals surface area contributed by atoms with E-state index in [1.54, 1.807) is 26.0 Å². The number of carbonyl (C=O) groups excluding carboxylic acids is 2. The smallest absolute Gasteiger partial charge is 0.307 e. The van der Waals surface area contributed by atoms with Gasteiger partial charge in [-0.1, -0.05) is 26.0 Å². The minimum atomic E-state index is -0.996. The highest BCUT2D eigenvalue weighted by Crippen LogP contribution is 2.26. The van der Waals surface area contributed by atoms with Crippen LogP contribution in [0.1, 0.15) is 26.7 Å². The fourth-order valence-electron chi connectivity index (χ4n) is 2.20. The van der Waals surface area contributed by atoms with Crippen LogP contribution < -0.4 is 11.1 Å². The fourth-order valence-corrected chi connectivity index (χ4v) is 2.20. The number of carboxylic acid groups (broad SMARTS) is 1. The average molecular weight is 268 g/mol. The lowest BCUT2D eigenvalue weighted by molar-refractivity contribution is -0.147. The number of nitrogens with two attached hydrogens (primary N) is 1. The van der Waals surface area contributed by atoms with Crippen molar-refractivity contribution in [3.8, 4) is 0 Å². The molecule has 0 heterocycles. The average Bonchev–Trinajstić information content (AvgIpc) is 2.34. The Morgan fingerprint density at radius 3 is 2.16 bits per heavy atom. The van der Waals surface area contributed by atoms with Crippen molar-refractivity contribution in [2.45, 2.75) is 32.7 Å². The SMILES string of the molecule is CC(C)C(NC(=O)C1CC=CCC1C(=O)O)C(N)=O. The van der Waals surface area contributed by atoms with Crippen LogP contribution in [0.5, 0.6) is 0 Å². The van der Waals surface area contributed by atoms with Crippen LogP contribution in [0.3, 0.4) is 0 Å². The van der Waals surface area contributed by atoms with Crippen molar-refractivity contribution in [1.29, 1.82) is 0 Å². The third-order valence-corrected chi connectivity index (χ3v) is 3.36. The molecule has 0 aromatic heterocycles. The third kappa shape index (κ3) is 3.81. The fraction of sp³-hybridized carbons (Fsp3) is 0.615. The number of hydrogen-bond acceptors (Lipinski definition) is 3. The van der Waals surface area contributed by atoms with Gasteiger partial charge in [-0.3, -0.25) is 14.4 Å². The molecule has 6 nitrogen and oxygen atoms in total. The number of aliphatic carboxylic acids is 1. The van der Waals surface area contributed by atoms with Crippen molar-refractivity contribution in [2.24, 2.45) is 23.5 Å². The van der Waals surface area contributed by atoms with E-state index in [2.05, 4.69) is 5.32 Å². The van der Waals surface area contributed by atoms with Gasteiger partial charge in [-0.2, -0.15) is 0 Å². The van der Waals surface area contributed by atoms with Gasteiger partial charge >= 0.3 is 5.97 Å². The molecule has 0 radical (unpaired) electrons. The Kier molecular flexibility index (Phi) is 5.09. The van der Waals surface area contributed by atoms with Crippen molar-refractivity contribution >= 4 is 17.8 Å². The van der Waals surface area contributed by atoms with E-state index in [1.807, 2.05) is 0 Å². The quantitative estimate of drug-likeness (QED) is 0.622. The number of carboxylic acids is 1. The summed E-state index contributed by atoms with van der Waals surface area (Å²) in [5, 5.41) is 11.7. The van der Waals surface area contributed by atoms with E-state index < -0.39 is 35.7 Å². The summed E-state index contributed by atoms with van der Waals surface area (Å²) in [5.41, 5.74) is 5.23. The van der Waals surface area contributed by atoms with Crippen molar-refractivity contribution in [2.75, 3.05) is 0 Å². The molecular weight excluding hydrogens is 248 g/mol. The van der Waals surface area contributed by atoms with E-state index in [4.69, 9.17) is 10.8 Å². The zero-order chi connectivity index (χ0) is 14.6. The largest absolute Gasteiger partial charge is 0.481 e. The predicted molar refractivity (Wildman–Crippen MR) is 69.0 cm³/mol. The van der Waals surface area contributed by atoms with E-state index >= 15 is 0 Å². The Morgan fingerprint density at radius 1 is 1.21 bits per heavy atom. The van der Waals surface area contributed by atoms with Gasteiger partial charge in [-0.25, -0.2) is 0 Å². The highest BCUT2D eigenvalue weighted by atomic mass is 16.4. The number of amides is 2. The predicted octanol–water partition coefficient (Wildman–Crippen LogP) is 0.280. The number of hydrogen-bond donors (Lipinski definition) is 3. The van der Waals surface area contributed by atoms with E-state index in [-0.39, 0.29) is 5.92 Å². The van der Waals surface area contributed by atoms with Crippen LogP contribution in [0.25, 0.3) is 0 Å². The Labute approximate surface area is 112 Å². The molecule has 19 heavy (non-hydrogen) atoms. The van der Waals surface area contributed by atoms with Crippen molar-refractivity contribution in [3.05, 3.63) is 12.2 Å². The molecule has 0 aromatic carbocycles. The minimum absolute atomic E-state index is 0.135. The first kappa shape index (κ1) is 15.2. The number of allylic oxidation sites excluding steroid dienone is 2. The molecule has 6 heteroatoms. The Hall–Kier alpha value is -1.85.